The third-order valence-corrected chi connectivity index (χ3v) is 6.31. The Morgan fingerprint density at radius 2 is 1.85 bits per heavy atom. The Morgan fingerprint density at radius 3 is 2.56 bits per heavy atom. The van der Waals surface area contributed by atoms with Crippen molar-refractivity contribution in [1.82, 2.24) is 14.8 Å². The fourth-order valence-corrected chi connectivity index (χ4v) is 4.72. The molecule has 0 N–H and O–H groups in total. The highest BCUT2D eigenvalue weighted by molar-refractivity contribution is 7.99. The molecule has 0 spiro atoms. The van der Waals surface area contributed by atoms with Crippen LogP contribution in [0.1, 0.15) is 23.1 Å². The van der Waals surface area contributed by atoms with Crippen molar-refractivity contribution >= 4 is 52.5 Å². The number of aromatic nitrogens is 3. The van der Waals surface area contributed by atoms with Crippen LogP contribution >= 0.6 is 46.7 Å². The molecular formula is C19H17Cl2N3OS2. The minimum atomic E-state index is -0.0625. The summed E-state index contributed by atoms with van der Waals surface area (Å²) in [4.78, 5) is 13.6. The molecule has 0 aliphatic carbocycles. The number of nitrogens with zero attached hydrogens (tertiary/aromatic N) is 3. The molecule has 140 valence electrons. The smallest absolute Gasteiger partial charge is 0.191 e. The van der Waals surface area contributed by atoms with Crippen LogP contribution in [-0.4, -0.2) is 26.3 Å². The van der Waals surface area contributed by atoms with Crippen LogP contribution in [0.4, 0.5) is 0 Å². The monoisotopic (exact) mass is 437 g/mol. The van der Waals surface area contributed by atoms with Crippen LogP contribution in [0.25, 0.3) is 0 Å². The maximum Gasteiger partial charge on any atom is 0.191 e. The average Bonchev–Trinajstić information content (AvgIpc) is 3.07. The Morgan fingerprint density at radius 1 is 1.07 bits per heavy atom. The highest BCUT2D eigenvalue weighted by atomic mass is 35.5. The fraction of sp³-hybridized carbons (Fsp3) is 0.211. The van der Waals surface area contributed by atoms with Crippen molar-refractivity contribution in [3.05, 3.63) is 70.0 Å². The molecule has 4 nitrogen and oxygen atoms in total. The first-order chi connectivity index (χ1) is 13.1. The number of carbonyl (C=O) groups is 1. The average molecular weight is 438 g/mol. The molecule has 0 atom stereocenters. The molecule has 0 aliphatic rings. The Balaban J connectivity index is 1.65. The van der Waals surface area contributed by atoms with Crippen LogP contribution in [0.15, 0.2) is 58.6 Å². The van der Waals surface area contributed by atoms with Gasteiger partial charge in [-0.2, -0.15) is 0 Å². The van der Waals surface area contributed by atoms with E-state index in [-0.39, 0.29) is 11.5 Å². The summed E-state index contributed by atoms with van der Waals surface area (Å²) in [6, 6.07) is 15.1. The van der Waals surface area contributed by atoms with Crippen LogP contribution in [0.5, 0.6) is 0 Å². The summed E-state index contributed by atoms with van der Waals surface area (Å²) >= 11 is 15.1. The molecule has 0 radical (unpaired) electrons. The zero-order valence-electron chi connectivity index (χ0n) is 14.6. The lowest BCUT2D eigenvalue weighted by molar-refractivity contribution is 0.102. The number of rotatable bonds is 8. The molecule has 1 aromatic heterocycles. The van der Waals surface area contributed by atoms with Crippen LogP contribution in [0.3, 0.4) is 0 Å². The van der Waals surface area contributed by atoms with Crippen molar-refractivity contribution in [3.63, 3.8) is 0 Å². The Kier molecular flexibility index (Phi) is 7.24. The molecule has 0 unspecified atom stereocenters. The van der Waals surface area contributed by atoms with Crippen LogP contribution in [0, 0.1) is 0 Å². The Hall–Kier alpha value is -1.47. The SMILES string of the molecule is CCn1c(CSc2ccccc2)nnc1SCC(=O)c1ccc(Cl)cc1Cl. The van der Waals surface area contributed by atoms with Gasteiger partial charge in [-0.05, 0) is 37.3 Å². The number of benzene rings is 2. The molecule has 0 saturated carbocycles. The summed E-state index contributed by atoms with van der Waals surface area (Å²) in [6.45, 7) is 2.79. The summed E-state index contributed by atoms with van der Waals surface area (Å²) in [5.74, 6) is 1.80. The number of hydrogen-bond acceptors (Lipinski definition) is 5. The standard InChI is InChI=1S/C19H17Cl2N3OS2/c1-2-24-18(12-26-14-6-4-3-5-7-14)22-23-19(24)27-11-17(25)15-9-8-13(20)10-16(15)21/h3-10H,2,11-12H2,1H3. The van der Waals surface area contributed by atoms with E-state index >= 15 is 0 Å². The summed E-state index contributed by atoms with van der Waals surface area (Å²) in [5, 5.41) is 10.2. The van der Waals surface area contributed by atoms with E-state index in [1.165, 1.54) is 16.7 Å². The van der Waals surface area contributed by atoms with E-state index in [1.807, 2.05) is 29.7 Å². The first-order valence-corrected chi connectivity index (χ1v) is 11.0. The number of hydrogen-bond donors (Lipinski definition) is 0. The van der Waals surface area contributed by atoms with Gasteiger partial charge >= 0.3 is 0 Å². The molecule has 0 amide bonds. The van der Waals surface area contributed by atoms with Gasteiger partial charge < -0.3 is 4.57 Å². The van der Waals surface area contributed by atoms with Crippen molar-refractivity contribution in [1.29, 1.82) is 0 Å². The van der Waals surface area contributed by atoms with Gasteiger partial charge in [0.1, 0.15) is 5.82 Å². The van der Waals surface area contributed by atoms with E-state index in [2.05, 4.69) is 22.3 Å². The third kappa shape index (κ3) is 5.29. The van der Waals surface area contributed by atoms with Gasteiger partial charge in [-0.25, -0.2) is 0 Å². The summed E-state index contributed by atoms with van der Waals surface area (Å²) in [6.07, 6.45) is 0. The lowest BCUT2D eigenvalue weighted by atomic mass is 10.1. The second kappa shape index (κ2) is 9.64. The van der Waals surface area contributed by atoms with Gasteiger partial charge in [-0.15, -0.1) is 22.0 Å². The maximum absolute atomic E-state index is 12.5. The number of halogens is 2. The van der Waals surface area contributed by atoms with E-state index in [9.17, 15) is 4.79 Å². The van der Waals surface area contributed by atoms with Gasteiger partial charge in [-0.1, -0.05) is 53.2 Å². The number of carbonyl (C=O) groups excluding carboxylic acids is 1. The zero-order chi connectivity index (χ0) is 19.2. The van der Waals surface area contributed by atoms with Crippen LogP contribution in [0.2, 0.25) is 10.0 Å². The molecule has 0 fully saturated rings. The lowest BCUT2D eigenvalue weighted by Crippen LogP contribution is -2.06. The highest BCUT2D eigenvalue weighted by Crippen LogP contribution is 2.26. The van der Waals surface area contributed by atoms with E-state index in [4.69, 9.17) is 23.2 Å². The molecule has 0 bridgehead atoms. The third-order valence-electron chi connectivity index (χ3n) is 3.78. The van der Waals surface area contributed by atoms with Crippen LogP contribution < -0.4 is 0 Å². The molecule has 3 aromatic rings. The molecule has 0 saturated heterocycles. The van der Waals surface area contributed by atoms with E-state index in [1.54, 1.807) is 30.0 Å². The zero-order valence-corrected chi connectivity index (χ0v) is 17.7. The molecule has 3 rings (SSSR count). The number of thioether (sulfide) groups is 2. The van der Waals surface area contributed by atoms with Gasteiger partial charge in [0.05, 0.1) is 16.5 Å². The second-order valence-corrected chi connectivity index (χ2v) is 8.42. The van der Waals surface area contributed by atoms with E-state index < -0.39 is 0 Å². The van der Waals surface area contributed by atoms with Gasteiger partial charge in [-0.3, -0.25) is 4.79 Å². The summed E-state index contributed by atoms with van der Waals surface area (Å²) in [5.41, 5.74) is 0.469. The Labute approximate surface area is 176 Å². The van der Waals surface area contributed by atoms with Gasteiger partial charge in [0.15, 0.2) is 10.9 Å². The topological polar surface area (TPSA) is 47.8 Å². The maximum atomic E-state index is 12.5. The minimum absolute atomic E-state index is 0.0625. The molecule has 8 heteroatoms. The van der Waals surface area contributed by atoms with Crippen molar-refractivity contribution in [2.75, 3.05) is 5.75 Å². The lowest BCUT2D eigenvalue weighted by Gasteiger charge is -2.07. The Bertz CT molecular complexity index is 932. The second-order valence-electron chi connectivity index (χ2n) is 5.58. The molecule has 27 heavy (non-hydrogen) atoms. The predicted octanol–water partition coefficient (Wildman–Crippen LogP) is 5.87. The first kappa shape index (κ1) is 20.3. The van der Waals surface area contributed by atoms with Gasteiger partial charge in [0, 0.05) is 22.0 Å². The predicted molar refractivity (Wildman–Crippen MR) is 113 cm³/mol. The minimum Gasteiger partial charge on any atom is -0.306 e. The van der Waals surface area contributed by atoms with Crippen LogP contribution in [-0.2, 0) is 12.3 Å². The van der Waals surface area contributed by atoms with Gasteiger partial charge in [0.2, 0.25) is 0 Å². The molecule has 2 aromatic carbocycles. The summed E-state index contributed by atoms with van der Waals surface area (Å²) < 4.78 is 2.04. The quantitative estimate of drug-likeness (QED) is 0.325. The largest absolute Gasteiger partial charge is 0.306 e. The van der Waals surface area contributed by atoms with E-state index in [0.717, 1.165) is 23.3 Å². The summed E-state index contributed by atoms with van der Waals surface area (Å²) in [7, 11) is 0. The fourth-order valence-electron chi connectivity index (χ4n) is 2.44. The van der Waals surface area contributed by atoms with Crippen molar-refractivity contribution in [2.45, 2.75) is 29.3 Å². The molecule has 1 heterocycles. The number of Topliss-reactive ketones (excluding diaryl/α,β-unsaturated/α-hetero) is 1. The normalized spacial score (nSPS) is 10.9. The van der Waals surface area contributed by atoms with Crippen molar-refractivity contribution in [3.8, 4) is 0 Å². The number of ketones is 1. The molecule has 0 aliphatic heterocycles. The first-order valence-electron chi connectivity index (χ1n) is 8.29. The van der Waals surface area contributed by atoms with Crippen molar-refractivity contribution < 1.29 is 4.79 Å². The highest BCUT2D eigenvalue weighted by Gasteiger charge is 2.16. The van der Waals surface area contributed by atoms with Gasteiger partial charge in [0.25, 0.3) is 0 Å². The van der Waals surface area contributed by atoms with Crippen molar-refractivity contribution in [2.24, 2.45) is 0 Å². The molecular weight excluding hydrogens is 421 g/mol. The van der Waals surface area contributed by atoms with E-state index in [0.29, 0.717) is 15.6 Å².